The molecule has 0 saturated carbocycles. The standard InChI is InChI=1S/C22H29N5O2/c1-4-16(3)15-29-22(28)17(14-23)20-21(27-12-10-26(5-2)11-13-27)25-19-9-7-6-8-18(19)24-20/h6-9,16-17H,4-5,10-13,15H2,1-3H3/t16-,17-/m1/s1. The zero-order valence-electron chi connectivity index (χ0n) is 17.5. The van der Waals surface area contributed by atoms with Gasteiger partial charge in [0.2, 0.25) is 0 Å². The molecule has 1 aromatic carbocycles. The first-order chi connectivity index (χ1) is 14.1. The van der Waals surface area contributed by atoms with Crippen LogP contribution in [0, 0.1) is 17.2 Å². The van der Waals surface area contributed by atoms with Crippen LogP contribution in [0.25, 0.3) is 11.0 Å². The SMILES string of the molecule is CC[C@@H](C)COC(=O)[C@H](C#N)c1nc2ccccc2nc1N1CCN(CC)CC1. The molecule has 1 aliphatic rings. The molecule has 1 fully saturated rings. The Balaban J connectivity index is 1.95. The molecule has 2 aromatic rings. The van der Waals surface area contributed by atoms with E-state index in [0.717, 1.165) is 44.7 Å². The highest BCUT2D eigenvalue weighted by atomic mass is 16.5. The van der Waals surface area contributed by atoms with E-state index in [9.17, 15) is 10.1 Å². The van der Waals surface area contributed by atoms with Crippen molar-refractivity contribution in [2.75, 3.05) is 44.2 Å². The Morgan fingerprint density at radius 3 is 2.41 bits per heavy atom. The summed E-state index contributed by atoms with van der Waals surface area (Å²) in [4.78, 5) is 26.7. The Hall–Kier alpha value is -2.72. The van der Waals surface area contributed by atoms with Crippen LogP contribution < -0.4 is 4.90 Å². The van der Waals surface area contributed by atoms with Crippen LogP contribution in [0.2, 0.25) is 0 Å². The highest BCUT2D eigenvalue weighted by Crippen LogP contribution is 2.28. The normalized spacial score (nSPS) is 17.0. The summed E-state index contributed by atoms with van der Waals surface area (Å²) in [6, 6.07) is 9.66. The third-order valence-electron chi connectivity index (χ3n) is 5.54. The van der Waals surface area contributed by atoms with E-state index in [1.807, 2.05) is 38.1 Å². The van der Waals surface area contributed by atoms with Gasteiger partial charge in [0.1, 0.15) is 5.69 Å². The first-order valence-corrected chi connectivity index (χ1v) is 10.4. The average molecular weight is 396 g/mol. The number of anilines is 1. The molecule has 2 atom stereocenters. The Morgan fingerprint density at radius 1 is 1.17 bits per heavy atom. The van der Waals surface area contributed by atoms with E-state index in [1.165, 1.54) is 0 Å². The molecule has 2 heterocycles. The molecule has 0 unspecified atom stereocenters. The number of esters is 1. The summed E-state index contributed by atoms with van der Waals surface area (Å²) in [6.45, 7) is 10.9. The minimum atomic E-state index is -1.09. The average Bonchev–Trinajstić information content (AvgIpc) is 2.77. The lowest BCUT2D eigenvalue weighted by Crippen LogP contribution is -2.47. The van der Waals surface area contributed by atoms with Gasteiger partial charge in [-0.15, -0.1) is 0 Å². The zero-order chi connectivity index (χ0) is 20.8. The molecule has 0 bridgehead atoms. The number of aromatic nitrogens is 2. The molecule has 0 radical (unpaired) electrons. The van der Waals surface area contributed by atoms with Crippen molar-refractivity contribution in [3.8, 4) is 6.07 Å². The van der Waals surface area contributed by atoms with Crippen LogP contribution in [0.15, 0.2) is 24.3 Å². The van der Waals surface area contributed by atoms with Gasteiger partial charge in [0.25, 0.3) is 0 Å². The zero-order valence-corrected chi connectivity index (χ0v) is 17.5. The van der Waals surface area contributed by atoms with Crippen LogP contribution in [-0.4, -0.2) is 60.2 Å². The maximum absolute atomic E-state index is 12.7. The predicted octanol–water partition coefficient (Wildman–Crippen LogP) is 2.97. The summed E-state index contributed by atoms with van der Waals surface area (Å²) in [7, 11) is 0. The van der Waals surface area contributed by atoms with Crippen LogP contribution in [0.5, 0.6) is 0 Å². The first kappa shape index (κ1) is 21.0. The van der Waals surface area contributed by atoms with E-state index >= 15 is 0 Å². The Bertz CT molecular complexity index is 886. The van der Waals surface area contributed by atoms with Gasteiger partial charge in [-0.2, -0.15) is 5.26 Å². The molecule has 0 aliphatic carbocycles. The molecular formula is C22H29N5O2. The third kappa shape index (κ3) is 4.83. The molecular weight excluding hydrogens is 366 g/mol. The first-order valence-electron chi connectivity index (χ1n) is 10.4. The molecule has 0 spiro atoms. The Labute approximate surface area is 172 Å². The van der Waals surface area contributed by atoms with Crippen molar-refractivity contribution in [3.05, 3.63) is 30.0 Å². The smallest absolute Gasteiger partial charge is 0.329 e. The molecule has 3 rings (SSSR count). The lowest BCUT2D eigenvalue weighted by Gasteiger charge is -2.35. The molecule has 7 heteroatoms. The largest absolute Gasteiger partial charge is 0.464 e. The summed E-state index contributed by atoms with van der Waals surface area (Å²) in [6.07, 6.45) is 0.910. The van der Waals surface area contributed by atoms with Crippen LogP contribution in [0.3, 0.4) is 0 Å². The number of benzene rings is 1. The summed E-state index contributed by atoms with van der Waals surface area (Å²) < 4.78 is 5.44. The van der Waals surface area contributed by atoms with Crippen LogP contribution in [0.1, 0.15) is 38.8 Å². The van der Waals surface area contributed by atoms with Gasteiger partial charge in [0.15, 0.2) is 11.7 Å². The fraction of sp³-hybridized carbons (Fsp3) is 0.545. The quantitative estimate of drug-likeness (QED) is 0.667. The molecule has 154 valence electrons. The second-order valence-electron chi connectivity index (χ2n) is 7.55. The van der Waals surface area contributed by atoms with E-state index in [4.69, 9.17) is 9.72 Å². The maximum atomic E-state index is 12.7. The van der Waals surface area contributed by atoms with Crippen LogP contribution >= 0.6 is 0 Å². The van der Waals surface area contributed by atoms with E-state index in [0.29, 0.717) is 23.6 Å². The third-order valence-corrected chi connectivity index (χ3v) is 5.54. The topological polar surface area (TPSA) is 82.3 Å². The van der Waals surface area contributed by atoms with Gasteiger partial charge >= 0.3 is 5.97 Å². The Kier molecular flexibility index (Phi) is 6.99. The molecule has 1 aromatic heterocycles. The number of likely N-dealkylation sites (N-methyl/N-ethyl adjacent to an activating group) is 1. The monoisotopic (exact) mass is 395 g/mol. The molecule has 1 aliphatic heterocycles. The molecule has 1 saturated heterocycles. The number of ether oxygens (including phenoxy) is 1. The van der Waals surface area contributed by atoms with E-state index in [-0.39, 0.29) is 5.92 Å². The highest BCUT2D eigenvalue weighted by molar-refractivity contribution is 5.85. The van der Waals surface area contributed by atoms with Crippen molar-refractivity contribution in [2.24, 2.45) is 5.92 Å². The minimum absolute atomic E-state index is 0.252. The maximum Gasteiger partial charge on any atom is 0.329 e. The Morgan fingerprint density at radius 2 is 1.83 bits per heavy atom. The lowest BCUT2D eigenvalue weighted by molar-refractivity contribution is -0.145. The van der Waals surface area contributed by atoms with Crippen LogP contribution in [0.4, 0.5) is 5.82 Å². The van der Waals surface area contributed by atoms with Crippen molar-refractivity contribution in [1.82, 2.24) is 14.9 Å². The second-order valence-corrected chi connectivity index (χ2v) is 7.55. The number of rotatable bonds is 7. The van der Waals surface area contributed by atoms with E-state index in [2.05, 4.69) is 27.8 Å². The molecule has 0 N–H and O–H groups in total. The minimum Gasteiger partial charge on any atom is -0.464 e. The van der Waals surface area contributed by atoms with Crippen molar-refractivity contribution in [3.63, 3.8) is 0 Å². The van der Waals surface area contributed by atoms with Crippen molar-refractivity contribution in [1.29, 1.82) is 5.26 Å². The molecule has 29 heavy (non-hydrogen) atoms. The fourth-order valence-corrected chi connectivity index (χ4v) is 3.36. The van der Waals surface area contributed by atoms with Crippen LogP contribution in [-0.2, 0) is 9.53 Å². The van der Waals surface area contributed by atoms with Gasteiger partial charge in [0.05, 0.1) is 23.7 Å². The molecule has 0 amide bonds. The van der Waals surface area contributed by atoms with Crippen molar-refractivity contribution >= 4 is 22.8 Å². The van der Waals surface area contributed by atoms with E-state index < -0.39 is 11.9 Å². The van der Waals surface area contributed by atoms with Gasteiger partial charge in [-0.25, -0.2) is 9.97 Å². The number of nitriles is 1. The number of para-hydroxylation sites is 2. The summed E-state index contributed by atoms with van der Waals surface area (Å²) in [5, 5.41) is 9.80. The van der Waals surface area contributed by atoms with Gasteiger partial charge in [-0.3, -0.25) is 4.79 Å². The molecule has 7 nitrogen and oxygen atoms in total. The number of nitrogens with zero attached hydrogens (tertiary/aromatic N) is 5. The lowest BCUT2D eigenvalue weighted by atomic mass is 10.1. The number of fused-ring (bicyclic) bond motifs is 1. The fourth-order valence-electron chi connectivity index (χ4n) is 3.36. The summed E-state index contributed by atoms with van der Waals surface area (Å²) >= 11 is 0. The summed E-state index contributed by atoms with van der Waals surface area (Å²) in [5.74, 6) is -0.768. The number of carbonyl (C=O) groups excluding carboxylic acids is 1. The van der Waals surface area contributed by atoms with Gasteiger partial charge < -0.3 is 14.5 Å². The van der Waals surface area contributed by atoms with Crippen molar-refractivity contribution in [2.45, 2.75) is 33.1 Å². The van der Waals surface area contributed by atoms with Crippen molar-refractivity contribution < 1.29 is 9.53 Å². The van der Waals surface area contributed by atoms with Gasteiger partial charge in [-0.05, 0) is 24.6 Å². The van der Waals surface area contributed by atoms with Gasteiger partial charge in [-0.1, -0.05) is 39.3 Å². The number of hydrogen-bond donors (Lipinski definition) is 0. The second kappa shape index (κ2) is 9.66. The van der Waals surface area contributed by atoms with Gasteiger partial charge in [0, 0.05) is 26.2 Å². The van der Waals surface area contributed by atoms with E-state index in [1.54, 1.807) is 0 Å². The predicted molar refractivity (Wildman–Crippen MR) is 113 cm³/mol. The number of hydrogen-bond acceptors (Lipinski definition) is 7. The number of piperazine rings is 1. The highest BCUT2D eigenvalue weighted by Gasteiger charge is 2.31. The number of carbonyl (C=O) groups is 1. The summed E-state index contributed by atoms with van der Waals surface area (Å²) in [5.41, 5.74) is 1.83.